The van der Waals surface area contributed by atoms with E-state index in [0.29, 0.717) is 0 Å². The summed E-state index contributed by atoms with van der Waals surface area (Å²) in [4.78, 5) is 16.7. The summed E-state index contributed by atoms with van der Waals surface area (Å²) in [5.74, 6) is -0.934. The van der Waals surface area contributed by atoms with Crippen molar-refractivity contribution in [2.75, 3.05) is 0 Å². The van der Waals surface area contributed by atoms with Gasteiger partial charge < -0.3 is 9.94 Å². The van der Waals surface area contributed by atoms with Crippen LogP contribution in [0.5, 0.6) is 0 Å². The van der Waals surface area contributed by atoms with Crippen LogP contribution in [0.3, 0.4) is 0 Å². The zero-order valence-corrected chi connectivity index (χ0v) is 18.8. The zero-order chi connectivity index (χ0) is 21.0. The molecule has 2 aromatic carbocycles. The summed E-state index contributed by atoms with van der Waals surface area (Å²) >= 11 is 3.77. The number of carboxylic acid groups (broad SMARTS) is 1. The molecule has 1 aliphatic carbocycles. The second-order valence-electron chi connectivity index (χ2n) is 9.36. The van der Waals surface area contributed by atoms with E-state index >= 15 is 0 Å². The van der Waals surface area contributed by atoms with Gasteiger partial charge in [-0.1, -0.05) is 73.0 Å². The normalized spacial score (nSPS) is 24.4. The van der Waals surface area contributed by atoms with Gasteiger partial charge in [-0.15, -0.1) is 0 Å². The number of carbonyl (C=O) groups is 1. The predicted octanol–water partition coefficient (Wildman–Crippen LogP) is 5.97. The lowest BCUT2D eigenvalue weighted by atomic mass is 9.63. The van der Waals surface area contributed by atoms with E-state index in [0.717, 1.165) is 23.3 Å². The monoisotopic (exact) mass is 455 g/mol. The van der Waals surface area contributed by atoms with Gasteiger partial charge in [0, 0.05) is 5.56 Å². The van der Waals surface area contributed by atoms with E-state index in [1.54, 1.807) is 24.3 Å². The number of benzene rings is 2. The fourth-order valence-electron chi connectivity index (χ4n) is 4.37. The predicted molar refractivity (Wildman–Crippen MR) is 118 cm³/mol. The molecule has 0 amide bonds. The molecule has 0 aromatic heterocycles. The molecule has 2 atom stereocenters. The van der Waals surface area contributed by atoms with Gasteiger partial charge in [-0.3, -0.25) is 0 Å². The van der Waals surface area contributed by atoms with Crippen LogP contribution in [0.25, 0.3) is 0 Å². The fraction of sp³-hybridized carbons (Fsp3) is 0.417. The number of hydrogen-bond acceptors (Lipinski definition) is 3. The number of alkyl halides is 1. The van der Waals surface area contributed by atoms with Crippen LogP contribution in [0.15, 0.2) is 47.6 Å². The van der Waals surface area contributed by atoms with E-state index in [2.05, 4.69) is 67.0 Å². The topological polar surface area (TPSA) is 58.9 Å². The van der Waals surface area contributed by atoms with Gasteiger partial charge in [0.1, 0.15) is 10.5 Å². The van der Waals surface area contributed by atoms with Gasteiger partial charge in [-0.2, -0.15) is 0 Å². The fourth-order valence-corrected chi connectivity index (χ4v) is 5.12. The van der Waals surface area contributed by atoms with Crippen LogP contribution < -0.4 is 0 Å². The molecule has 1 aliphatic heterocycles. The van der Waals surface area contributed by atoms with Crippen molar-refractivity contribution < 1.29 is 14.7 Å². The van der Waals surface area contributed by atoms with Crippen LogP contribution in [0, 0.1) is 0 Å². The standard InChI is InChI=1S/C24H26BrNO3/c1-23(2)11-12-24(3,4)18-13-16(9-10-17(18)23)20-19(25)21(29-26-20)14-5-7-15(8-6-14)22(27)28/h5-10,13,19,21H,11-12H2,1-4H3,(H,27,28). The van der Waals surface area contributed by atoms with Gasteiger partial charge in [0.2, 0.25) is 0 Å². The molecule has 0 fully saturated rings. The second-order valence-corrected chi connectivity index (χ2v) is 10.3. The molecule has 0 bridgehead atoms. The highest BCUT2D eigenvalue weighted by Gasteiger charge is 2.39. The molecule has 29 heavy (non-hydrogen) atoms. The second kappa shape index (κ2) is 6.98. The number of oxime groups is 1. The molecular weight excluding hydrogens is 430 g/mol. The van der Waals surface area contributed by atoms with Crippen LogP contribution in [-0.4, -0.2) is 21.6 Å². The molecule has 4 nitrogen and oxygen atoms in total. The van der Waals surface area contributed by atoms with Crippen molar-refractivity contribution >= 4 is 27.6 Å². The lowest BCUT2D eigenvalue weighted by Crippen LogP contribution is -2.34. The molecule has 2 aromatic rings. The van der Waals surface area contributed by atoms with E-state index in [4.69, 9.17) is 9.94 Å². The van der Waals surface area contributed by atoms with E-state index in [9.17, 15) is 4.79 Å². The van der Waals surface area contributed by atoms with Gasteiger partial charge in [-0.05, 0) is 58.6 Å². The average Bonchev–Trinajstić information content (AvgIpc) is 3.07. The molecule has 0 saturated carbocycles. The van der Waals surface area contributed by atoms with Gasteiger partial charge in [0.05, 0.1) is 5.56 Å². The number of halogens is 1. The quantitative estimate of drug-likeness (QED) is 0.579. The molecular formula is C24H26BrNO3. The van der Waals surface area contributed by atoms with Crippen LogP contribution >= 0.6 is 15.9 Å². The number of hydrogen-bond donors (Lipinski definition) is 1. The Morgan fingerprint density at radius 3 is 2.28 bits per heavy atom. The molecule has 0 radical (unpaired) electrons. The Kier molecular flexibility index (Phi) is 4.85. The molecule has 2 unspecified atom stereocenters. The van der Waals surface area contributed by atoms with Crippen molar-refractivity contribution in [3.8, 4) is 0 Å². The summed E-state index contributed by atoms with van der Waals surface area (Å²) in [6.45, 7) is 9.27. The number of nitrogens with zero attached hydrogens (tertiary/aromatic N) is 1. The van der Waals surface area contributed by atoms with Crippen LogP contribution in [-0.2, 0) is 15.7 Å². The lowest BCUT2D eigenvalue weighted by Gasteiger charge is -2.42. The molecule has 2 aliphatic rings. The summed E-state index contributed by atoms with van der Waals surface area (Å²) in [5.41, 5.74) is 6.23. The first kappa shape index (κ1) is 20.1. The van der Waals surface area contributed by atoms with E-state index in [1.165, 1.54) is 17.5 Å². The first-order valence-corrected chi connectivity index (χ1v) is 10.9. The Labute approximate surface area is 180 Å². The van der Waals surface area contributed by atoms with E-state index in [-0.39, 0.29) is 27.3 Å². The third-order valence-electron chi connectivity index (χ3n) is 6.43. The Balaban J connectivity index is 1.64. The maximum atomic E-state index is 11.1. The first-order valence-electron chi connectivity index (χ1n) is 9.97. The summed E-state index contributed by atoms with van der Waals surface area (Å²) in [7, 11) is 0. The summed E-state index contributed by atoms with van der Waals surface area (Å²) in [5, 5.41) is 13.5. The maximum absolute atomic E-state index is 11.1. The van der Waals surface area contributed by atoms with Crippen LogP contribution in [0.1, 0.15) is 79.3 Å². The van der Waals surface area contributed by atoms with Crippen molar-refractivity contribution in [3.05, 3.63) is 70.3 Å². The molecule has 4 rings (SSSR count). The number of rotatable bonds is 3. The smallest absolute Gasteiger partial charge is 0.335 e. The number of carboxylic acids is 1. The minimum Gasteiger partial charge on any atom is -0.478 e. The Morgan fingerprint density at radius 2 is 1.66 bits per heavy atom. The van der Waals surface area contributed by atoms with Crippen molar-refractivity contribution in [1.82, 2.24) is 0 Å². The van der Waals surface area contributed by atoms with Crippen LogP contribution in [0.4, 0.5) is 0 Å². The summed E-state index contributed by atoms with van der Waals surface area (Å²) in [6.07, 6.45) is 2.06. The van der Waals surface area contributed by atoms with Gasteiger partial charge in [0.25, 0.3) is 0 Å². The molecule has 1 N–H and O–H groups in total. The molecule has 152 valence electrons. The Hall–Kier alpha value is -2.14. The SMILES string of the molecule is CC1(C)CCC(C)(C)c2cc(C3=NOC(c4ccc(C(=O)O)cc4)C3Br)ccc21. The lowest BCUT2D eigenvalue weighted by molar-refractivity contribution is 0.0696. The number of aromatic carboxylic acids is 1. The first-order chi connectivity index (χ1) is 13.6. The number of fused-ring (bicyclic) bond motifs is 1. The van der Waals surface area contributed by atoms with Crippen molar-refractivity contribution in [1.29, 1.82) is 0 Å². The Bertz CT molecular complexity index is 992. The van der Waals surface area contributed by atoms with Crippen LogP contribution in [0.2, 0.25) is 0 Å². The summed E-state index contributed by atoms with van der Waals surface area (Å²) < 4.78 is 0. The molecule has 1 heterocycles. The molecule has 0 spiro atoms. The van der Waals surface area contributed by atoms with Crippen molar-refractivity contribution in [3.63, 3.8) is 0 Å². The minimum atomic E-state index is -0.934. The molecule has 5 heteroatoms. The third kappa shape index (κ3) is 3.50. The minimum absolute atomic E-state index is 0.101. The maximum Gasteiger partial charge on any atom is 0.335 e. The van der Waals surface area contributed by atoms with Crippen molar-refractivity contribution in [2.24, 2.45) is 5.16 Å². The highest BCUT2D eigenvalue weighted by Crippen LogP contribution is 2.46. The van der Waals surface area contributed by atoms with Gasteiger partial charge in [-0.25, -0.2) is 4.79 Å². The average molecular weight is 456 g/mol. The zero-order valence-electron chi connectivity index (χ0n) is 17.2. The van der Waals surface area contributed by atoms with Crippen molar-refractivity contribution in [2.45, 2.75) is 62.3 Å². The molecule has 0 saturated heterocycles. The Morgan fingerprint density at radius 1 is 1.03 bits per heavy atom. The third-order valence-corrected chi connectivity index (χ3v) is 7.34. The van der Waals surface area contributed by atoms with Gasteiger partial charge >= 0.3 is 5.97 Å². The largest absolute Gasteiger partial charge is 0.478 e. The van der Waals surface area contributed by atoms with Gasteiger partial charge in [0.15, 0.2) is 6.10 Å². The highest BCUT2D eigenvalue weighted by molar-refractivity contribution is 9.10. The highest BCUT2D eigenvalue weighted by atomic mass is 79.9. The van der Waals surface area contributed by atoms with E-state index < -0.39 is 5.97 Å². The van der Waals surface area contributed by atoms with E-state index in [1.807, 2.05) is 0 Å². The summed E-state index contributed by atoms with van der Waals surface area (Å²) in [6, 6.07) is 13.5.